The highest BCUT2D eigenvalue weighted by Gasteiger charge is 2.22. The molecule has 0 bridgehead atoms. The van der Waals surface area contributed by atoms with Gasteiger partial charge in [-0.25, -0.2) is 8.78 Å². The highest BCUT2D eigenvalue weighted by atomic mass is 35.5. The zero-order valence-electron chi connectivity index (χ0n) is 11.6. The van der Waals surface area contributed by atoms with Crippen LogP contribution >= 0.6 is 11.6 Å². The number of rotatable bonds is 3. The fourth-order valence-electron chi connectivity index (χ4n) is 2.60. The summed E-state index contributed by atoms with van der Waals surface area (Å²) in [7, 11) is 1.73. The maximum absolute atomic E-state index is 14.1. The molecule has 2 aromatic carbocycles. The molecular formula is C16H16ClF2N. The summed E-state index contributed by atoms with van der Waals surface area (Å²) in [5.41, 5.74) is 2.76. The normalized spacial score (nSPS) is 12.5. The van der Waals surface area contributed by atoms with E-state index in [9.17, 15) is 8.78 Å². The van der Waals surface area contributed by atoms with Crippen LogP contribution in [0.4, 0.5) is 8.78 Å². The van der Waals surface area contributed by atoms with Crippen LogP contribution in [0.15, 0.2) is 30.3 Å². The van der Waals surface area contributed by atoms with Crippen LogP contribution in [0.2, 0.25) is 5.02 Å². The Kier molecular flexibility index (Phi) is 4.41. The molecule has 0 spiro atoms. The van der Waals surface area contributed by atoms with Gasteiger partial charge in [0.2, 0.25) is 0 Å². The van der Waals surface area contributed by atoms with E-state index in [0.717, 1.165) is 16.7 Å². The number of halogens is 3. The topological polar surface area (TPSA) is 12.0 Å². The van der Waals surface area contributed by atoms with Crippen molar-refractivity contribution in [3.05, 3.63) is 69.2 Å². The summed E-state index contributed by atoms with van der Waals surface area (Å²) < 4.78 is 27.5. The lowest BCUT2D eigenvalue weighted by Gasteiger charge is -2.23. The van der Waals surface area contributed by atoms with Crippen LogP contribution in [0, 0.1) is 25.5 Å². The Balaban J connectivity index is 2.65. The summed E-state index contributed by atoms with van der Waals surface area (Å²) in [6.07, 6.45) is 0. The van der Waals surface area contributed by atoms with E-state index >= 15 is 0 Å². The molecule has 0 saturated heterocycles. The van der Waals surface area contributed by atoms with Crippen molar-refractivity contribution in [2.45, 2.75) is 19.9 Å². The second kappa shape index (κ2) is 5.90. The van der Waals surface area contributed by atoms with E-state index in [0.29, 0.717) is 10.6 Å². The highest BCUT2D eigenvalue weighted by molar-refractivity contribution is 6.31. The zero-order chi connectivity index (χ0) is 14.9. The molecule has 0 aliphatic rings. The predicted molar refractivity (Wildman–Crippen MR) is 78.2 cm³/mol. The molecule has 2 aromatic rings. The summed E-state index contributed by atoms with van der Waals surface area (Å²) in [5.74, 6) is -0.668. The quantitative estimate of drug-likeness (QED) is 0.876. The van der Waals surface area contributed by atoms with Crippen LogP contribution in [-0.4, -0.2) is 7.05 Å². The van der Waals surface area contributed by atoms with Crippen molar-refractivity contribution in [3.63, 3.8) is 0 Å². The fourth-order valence-corrected chi connectivity index (χ4v) is 2.87. The smallest absolute Gasteiger partial charge is 0.129 e. The molecule has 0 amide bonds. The molecule has 0 saturated carbocycles. The van der Waals surface area contributed by atoms with Crippen molar-refractivity contribution in [2.24, 2.45) is 0 Å². The molecule has 106 valence electrons. The van der Waals surface area contributed by atoms with Crippen molar-refractivity contribution < 1.29 is 8.78 Å². The Morgan fingerprint density at radius 2 is 1.65 bits per heavy atom. The Hall–Kier alpha value is -1.45. The van der Waals surface area contributed by atoms with Gasteiger partial charge < -0.3 is 5.32 Å². The zero-order valence-corrected chi connectivity index (χ0v) is 12.4. The first-order chi connectivity index (χ1) is 9.45. The molecule has 0 aliphatic heterocycles. The first kappa shape index (κ1) is 14.9. The first-order valence-electron chi connectivity index (χ1n) is 6.33. The number of hydrogen-bond acceptors (Lipinski definition) is 1. The summed E-state index contributed by atoms with van der Waals surface area (Å²) in [6.45, 7) is 3.62. The molecule has 0 radical (unpaired) electrons. The molecule has 2 rings (SSSR count). The van der Waals surface area contributed by atoms with E-state index in [1.54, 1.807) is 19.2 Å². The second-order valence-corrected chi connectivity index (χ2v) is 5.22. The van der Waals surface area contributed by atoms with Crippen LogP contribution in [0.5, 0.6) is 0 Å². The maximum Gasteiger partial charge on any atom is 0.129 e. The molecule has 0 aliphatic carbocycles. The average Bonchev–Trinajstić information content (AvgIpc) is 2.35. The van der Waals surface area contributed by atoms with Gasteiger partial charge in [-0.1, -0.05) is 17.7 Å². The largest absolute Gasteiger partial charge is 0.309 e. The van der Waals surface area contributed by atoms with Crippen molar-refractivity contribution in [1.29, 1.82) is 0 Å². The SMILES string of the molecule is CNC(c1c(C)cc(F)cc1C)c1c(F)cccc1Cl. The molecule has 1 N–H and O–H groups in total. The van der Waals surface area contributed by atoms with E-state index < -0.39 is 6.04 Å². The third kappa shape index (κ3) is 2.69. The molecule has 0 heterocycles. The van der Waals surface area contributed by atoms with Gasteiger partial charge in [0, 0.05) is 10.6 Å². The van der Waals surface area contributed by atoms with Crippen LogP contribution < -0.4 is 5.32 Å². The molecule has 1 unspecified atom stereocenters. The van der Waals surface area contributed by atoms with Crippen LogP contribution in [0.1, 0.15) is 28.3 Å². The Morgan fingerprint density at radius 1 is 1.05 bits per heavy atom. The molecule has 1 atom stereocenters. The first-order valence-corrected chi connectivity index (χ1v) is 6.71. The summed E-state index contributed by atoms with van der Waals surface area (Å²) in [6, 6.07) is 7.07. The number of aryl methyl sites for hydroxylation is 2. The third-order valence-corrected chi connectivity index (χ3v) is 3.75. The van der Waals surface area contributed by atoms with E-state index in [1.165, 1.54) is 18.2 Å². The fraction of sp³-hybridized carbons (Fsp3) is 0.250. The number of benzene rings is 2. The van der Waals surface area contributed by atoms with Gasteiger partial charge in [0.05, 0.1) is 6.04 Å². The van der Waals surface area contributed by atoms with Crippen LogP contribution in [0.3, 0.4) is 0 Å². The molecule has 0 fully saturated rings. The van der Waals surface area contributed by atoms with Crippen LogP contribution in [0.25, 0.3) is 0 Å². The monoisotopic (exact) mass is 295 g/mol. The van der Waals surface area contributed by atoms with Gasteiger partial charge >= 0.3 is 0 Å². The lowest BCUT2D eigenvalue weighted by atomic mass is 9.91. The molecule has 20 heavy (non-hydrogen) atoms. The standard InChI is InChI=1S/C16H16ClF2N/c1-9-7-11(18)8-10(2)14(9)16(20-3)15-12(17)5-4-6-13(15)19/h4-8,16,20H,1-3H3. The van der Waals surface area contributed by atoms with Gasteiger partial charge in [0.25, 0.3) is 0 Å². The summed E-state index contributed by atoms with van der Waals surface area (Å²) in [5, 5.41) is 3.42. The van der Waals surface area contributed by atoms with Crippen molar-refractivity contribution in [2.75, 3.05) is 7.05 Å². The van der Waals surface area contributed by atoms with E-state index in [4.69, 9.17) is 11.6 Å². The summed E-state index contributed by atoms with van der Waals surface area (Å²) in [4.78, 5) is 0. The van der Waals surface area contributed by atoms with Gasteiger partial charge in [-0.05, 0) is 61.9 Å². The Bertz CT molecular complexity index is 597. The van der Waals surface area contributed by atoms with E-state index in [2.05, 4.69) is 5.32 Å². The molecular weight excluding hydrogens is 280 g/mol. The highest BCUT2D eigenvalue weighted by Crippen LogP contribution is 2.33. The number of nitrogens with one attached hydrogen (secondary N) is 1. The minimum Gasteiger partial charge on any atom is -0.309 e. The molecule has 4 heteroatoms. The number of hydrogen-bond donors (Lipinski definition) is 1. The average molecular weight is 296 g/mol. The van der Waals surface area contributed by atoms with Crippen molar-refractivity contribution in [3.8, 4) is 0 Å². The van der Waals surface area contributed by atoms with Gasteiger partial charge in [-0.2, -0.15) is 0 Å². The van der Waals surface area contributed by atoms with Crippen molar-refractivity contribution in [1.82, 2.24) is 5.32 Å². The maximum atomic E-state index is 14.1. The van der Waals surface area contributed by atoms with E-state index in [1.807, 2.05) is 13.8 Å². The second-order valence-electron chi connectivity index (χ2n) is 4.81. The van der Waals surface area contributed by atoms with E-state index in [-0.39, 0.29) is 11.6 Å². The third-order valence-electron chi connectivity index (χ3n) is 3.42. The minimum absolute atomic E-state index is 0.293. The minimum atomic E-state index is -0.413. The summed E-state index contributed by atoms with van der Waals surface area (Å²) >= 11 is 6.13. The van der Waals surface area contributed by atoms with Gasteiger partial charge in [-0.15, -0.1) is 0 Å². The van der Waals surface area contributed by atoms with Crippen molar-refractivity contribution >= 4 is 11.6 Å². The van der Waals surface area contributed by atoms with Gasteiger partial charge in [0.15, 0.2) is 0 Å². The lowest BCUT2D eigenvalue weighted by molar-refractivity contribution is 0.572. The molecule has 0 aromatic heterocycles. The van der Waals surface area contributed by atoms with Crippen LogP contribution in [-0.2, 0) is 0 Å². The Labute approximate surface area is 122 Å². The van der Waals surface area contributed by atoms with Gasteiger partial charge in [-0.3, -0.25) is 0 Å². The predicted octanol–water partition coefficient (Wildman–Crippen LogP) is 4.54. The lowest BCUT2D eigenvalue weighted by Crippen LogP contribution is -2.21. The van der Waals surface area contributed by atoms with Gasteiger partial charge in [0.1, 0.15) is 11.6 Å². The molecule has 1 nitrogen and oxygen atoms in total. The Morgan fingerprint density at radius 3 is 2.15 bits per heavy atom.